The Bertz CT molecular complexity index is 855. The Labute approximate surface area is 142 Å². The third-order valence-corrected chi connectivity index (χ3v) is 3.71. The second-order valence-electron chi connectivity index (χ2n) is 5.36. The molecule has 116 valence electrons. The number of hydrogen-bond acceptors (Lipinski definition) is 2. The van der Waals surface area contributed by atoms with Gasteiger partial charge >= 0.3 is 0 Å². The molecule has 0 saturated heterocycles. The van der Waals surface area contributed by atoms with E-state index in [9.17, 15) is 0 Å². The van der Waals surface area contributed by atoms with Gasteiger partial charge in [-0.2, -0.15) is 0 Å². The van der Waals surface area contributed by atoms with Crippen molar-refractivity contribution in [2.75, 3.05) is 0 Å². The topological polar surface area (TPSA) is 25.8 Å². The molecule has 0 aliphatic rings. The Morgan fingerprint density at radius 2 is 1.00 bits per heavy atom. The molecule has 1 aromatic carbocycles. The van der Waals surface area contributed by atoms with Crippen LogP contribution in [-0.4, -0.2) is 9.97 Å². The summed E-state index contributed by atoms with van der Waals surface area (Å²) in [5, 5.41) is 0. The highest BCUT2D eigenvalue weighted by atomic mass is 14.8. The van der Waals surface area contributed by atoms with Crippen molar-refractivity contribution in [3.05, 3.63) is 96.3 Å². The number of nitrogens with zero attached hydrogens (tertiary/aromatic N) is 2. The minimum atomic E-state index is 0.858. The van der Waals surface area contributed by atoms with E-state index in [1.54, 1.807) is 12.3 Å². The molecule has 0 saturated carbocycles. The van der Waals surface area contributed by atoms with E-state index in [4.69, 9.17) is 0 Å². The van der Waals surface area contributed by atoms with Crippen LogP contribution in [0.1, 0.15) is 22.3 Å². The SMILES string of the molecule is C=Cc1ccc(/C=C/c2ccc(-c3ccc(C=C)cn3)nc2)cc1. The number of rotatable bonds is 5. The highest BCUT2D eigenvalue weighted by Gasteiger charge is 2.00. The molecule has 0 spiro atoms. The number of pyridine rings is 2. The highest BCUT2D eigenvalue weighted by Crippen LogP contribution is 2.16. The predicted octanol–water partition coefficient (Wildman–Crippen LogP) is 5.60. The van der Waals surface area contributed by atoms with Crippen molar-refractivity contribution in [3.63, 3.8) is 0 Å². The van der Waals surface area contributed by atoms with Crippen LogP contribution in [0.5, 0.6) is 0 Å². The van der Waals surface area contributed by atoms with E-state index in [1.807, 2.05) is 54.7 Å². The molecule has 2 heteroatoms. The number of aromatic nitrogens is 2. The smallest absolute Gasteiger partial charge is 0.0886 e. The molecule has 0 radical (unpaired) electrons. The first-order chi connectivity index (χ1) is 11.8. The average Bonchev–Trinajstić information content (AvgIpc) is 2.67. The molecule has 2 aromatic heterocycles. The average molecular weight is 310 g/mol. The maximum Gasteiger partial charge on any atom is 0.0886 e. The van der Waals surface area contributed by atoms with Crippen molar-refractivity contribution in [1.82, 2.24) is 9.97 Å². The zero-order valence-electron chi connectivity index (χ0n) is 13.4. The molecule has 3 aromatic rings. The third-order valence-electron chi connectivity index (χ3n) is 3.71. The zero-order valence-corrected chi connectivity index (χ0v) is 13.4. The summed E-state index contributed by atoms with van der Waals surface area (Å²) in [4.78, 5) is 8.89. The van der Waals surface area contributed by atoms with E-state index in [0.29, 0.717) is 0 Å². The molecule has 0 atom stereocenters. The van der Waals surface area contributed by atoms with Crippen molar-refractivity contribution in [3.8, 4) is 11.4 Å². The Balaban J connectivity index is 1.74. The van der Waals surface area contributed by atoms with Gasteiger partial charge in [0.2, 0.25) is 0 Å². The minimum Gasteiger partial charge on any atom is -0.254 e. The first kappa shape index (κ1) is 15.6. The molecule has 0 N–H and O–H groups in total. The molecule has 0 fully saturated rings. The van der Waals surface area contributed by atoms with Gasteiger partial charge < -0.3 is 0 Å². The first-order valence-electron chi connectivity index (χ1n) is 7.74. The molecule has 3 rings (SSSR count). The fourth-order valence-electron chi connectivity index (χ4n) is 2.27. The summed E-state index contributed by atoms with van der Waals surface area (Å²) in [6, 6.07) is 16.2. The van der Waals surface area contributed by atoms with Gasteiger partial charge in [0.15, 0.2) is 0 Å². The van der Waals surface area contributed by atoms with Gasteiger partial charge in [0, 0.05) is 12.4 Å². The third kappa shape index (κ3) is 3.73. The number of hydrogen-bond donors (Lipinski definition) is 0. The molecule has 2 heterocycles. The normalized spacial score (nSPS) is 10.7. The fourth-order valence-corrected chi connectivity index (χ4v) is 2.27. The van der Waals surface area contributed by atoms with Gasteiger partial charge in [-0.25, -0.2) is 0 Å². The molecule has 2 nitrogen and oxygen atoms in total. The van der Waals surface area contributed by atoms with E-state index in [2.05, 4.69) is 41.3 Å². The summed E-state index contributed by atoms with van der Waals surface area (Å²) >= 11 is 0. The molecule has 0 aliphatic carbocycles. The Morgan fingerprint density at radius 3 is 1.50 bits per heavy atom. The second kappa shape index (κ2) is 7.34. The fraction of sp³-hybridized carbons (Fsp3) is 0. The lowest BCUT2D eigenvalue weighted by Crippen LogP contribution is -1.88. The van der Waals surface area contributed by atoms with Gasteiger partial charge in [0.05, 0.1) is 11.4 Å². The van der Waals surface area contributed by atoms with Crippen LogP contribution in [-0.2, 0) is 0 Å². The summed E-state index contributed by atoms with van der Waals surface area (Å²) in [7, 11) is 0. The Kier molecular flexibility index (Phi) is 4.78. The quantitative estimate of drug-likeness (QED) is 0.613. The van der Waals surface area contributed by atoms with Crippen LogP contribution in [0, 0.1) is 0 Å². The van der Waals surface area contributed by atoms with E-state index in [1.165, 1.54) is 0 Å². The molecular weight excluding hydrogens is 292 g/mol. The van der Waals surface area contributed by atoms with Crippen molar-refractivity contribution in [1.29, 1.82) is 0 Å². The molecular formula is C22H18N2. The minimum absolute atomic E-state index is 0.858. The van der Waals surface area contributed by atoms with E-state index >= 15 is 0 Å². The molecule has 0 amide bonds. The van der Waals surface area contributed by atoms with Crippen molar-refractivity contribution in [2.45, 2.75) is 0 Å². The monoisotopic (exact) mass is 310 g/mol. The van der Waals surface area contributed by atoms with Crippen LogP contribution in [0.2, 0.25) is 0 Å². The first-order valence-corrected chi connectivity index (χ1v) is 7.74. The zero-order chi connectivity index (χ0) is 16.8. The maximum atomic E-state index is 4.49. The van der Waals surface area contributed by atoms with Crippen molar-refractivity contribution < 1.29 is 0 Å². The van der Waals surface area contributed by atoms with Crippen molar-refractivity contribution >= 4 is 24.3 Å². The van der Waals surface area contributed by atoms with Gasteiger partial charge in [-0.3, -0.25) is 9.97 Å². The van der Waals surface area contributed by atoms with Crippen LogP contribution >= 0.6 is 0 Å². The van der Waals surface area contributed by atoms with Gasteiger partial charge in [0.25, 0.3) is 0 Å². The van der Waals surface area contributed by atoms with E-state index in [0.717, 1.165) is 33.6 Å². The van der Waals surface area contributed by atoms with Crippen LogP contribution < -0.4 is 0 Å². The van der Waals surface area contributed by atoms with Gasteiger partial charge in [-0.05, 0) is 34.4 Å². The Hall–Kier alpha value is -3.26. The van der Waals surface area contributed by atoms with Gasteiger partial charge in [0.1, 0.15) is 0 Å². The summed E-state index contributed by atoms with van der Waals surface area (Å²) in [6.07, 6.45) is 11.4. The highest BCUT2D eigenvalue weighted by molar-refractivity contribution is 5.70. The molecule has 0 bridgehead atoms. The van der Waals surface area contributed by atoms with Gasteiger partial charge in [-0.15, -0.1) is 0 Å². The second-order valence-corrected chi connectivity index (χ2v) is 5.36. The van der Waals surface area contributed by atoms with Crippen LogP contribution in [0.15, 0.2) is 74.1 Å². The lowest BCUT2D eigenvalue weighted by molar-refractivity contribution is 1.24. The summed E-state index contributed by atoms with van der Waals surface area (Å²) < 4.78 is 0. The summed E-state index contributed by atoms with van der Waals surface area (Å²) in [5.74, 6) is 0. The molecule has 0 aliphatic heterocycles. The largest absolute Gasteiger partial charge is 0.254 e. The van der Waals surface area contributed by atoms with Crippen LogP contribution in [0.3, 0.4) is 0 Å². The van der Waals surface area contributed by atoms with Crippen LogP contribution in [0.25, 0.3) is 35.7 Å². The predicted molar refractivity (Wildman–Crippen MR) is 103 cm³/mol. The summed E-state index contributed by atoms with van der Waals surface area (Å²) in [6.45, 7) is 7.49. The molecule has 0 unspecified atom stereocenters. The van der Waals surface area contributed by atoms with Gasteiger partial charge in [-0.1, -0.05) is 73.9 Å². The Morgan fingerprint density at radius 1 is 0.542 bits per heavy atom. The number of benzene rings is 1. The lowest BCUT2D eigenvalue weighted by Gasteiger charge is -2.01. The van der Waals surface area contributed by atoms with E-state index in [-0.39, 0.29) is 0 Å². The lowest BCUT2D eigenvalue weighted by atomic mass is 10.1. The van der Waals surface area contributed by atoms with E-state index < -0.39 is 0 Å². The standard InChI is InChI=1S/C22H18N2/c1-3-17-5-7-19(8-6-17)9-10-20-12-14-22(24-16-20)21-13-11-18(4-2)15-23-21/h3-16H,1-2H2/b10-9+. The van der Waals surface area contributed by atoms with Crippen LogP contribution in [0.4, 0.5) is 0 Å². The maximum absolute atomic E-state index is 4.49. The molecule has 24 heavy (non-hydrogen) atoms. The van der Waals surface area contributed by atoms with Crippen molar-refractivity contribution in [2.24, 2.45) is 0 Å². The summed E-state index contributed by atoms with van der Waals surface area (Å²) in [5.41, 5.74) is 6.03.